The van der Waals surface area contributed by atoms with Gasteiger partial charge in [-0.3, -0.25) is 10.00 Å². The standard InChI is InChI=1S/C20H23ClN6/c1-13-10-18(24-19(22-13)15-5-7-17(21)8-6-15)12-27-9-3-4-16(11-27)20-23-14(2)25-26-20/h5-8,10,16H,3-4,9,11-12H2,1-2H3,(H,23,25,26). The molecule has 6 nitrogen and oxygen atoms in total. The molecule has 27 heavy (non-hydrogen) atoms. The van der Waals surface area contributed by atoms with E-state index in [-0.39, 0.29) is 0 Å². The second-order valence-corrected chi connectivity index (χ2v) is 7.62. The fourth-order valence-electron chi connectivity index (χ4n) is 3.62. The Balaban J connectivity index is 1.51. The van der Waals surface area contributed by atoms with Crippen molar-refractivity contribution in [1.29, 1.82) is 0 Å². The minimum absolute atomic E-state index is 0.377. The Hall–Kier alpha value is -2.31. The Bertz CT molecular complexity index is 920. The fraction of sp³-hybridized carbons (Fsp3) is 0.400. The average Bonchev–Trinajstić information content (AvgIpc) is 3.08. The van der Waals surface area contributed by atoms with E-state index in [4.69, 9.17) is 16.6 Å². The number of H-pyrrole nitrogens is 1. The first-order valence-corrected chi connectivity index (χ1v) is 9.66. The number of nitrogens with zero attached hydrogens (tertiary/aromatic N) is 5. The number of aromatic amines is 1. The highest BCUT2D eigenvalue weighted by molar-refractivity contribution is 6.30. The minimum atomic E-state index is 0.377. The summed E-state index contributed by atoms with van der Waals surface area (Å²) in [4.78, 5) is 16.4. The highest BCUT2D eigenvalue weighted by Gasteiger charge is 2.24. The fourth-order valence-corrected chi connectivity index (χ4v) is 3.75. The van der Waals surface area contributed by atoms with E-state index in [1.165, 1.54) is 0 Å². The van der Waals surface area contributed by atoms with E-state index in [0.29, 0.717) is 10.9 Å². The number of hydrogen-bond acceptors (Lipinski definition) is 5. The van der Waals surface area contributed by atoms with Crippen molar-refractivity contribution in [1.82, 2.24) is 30.0 Å². The van der Waals surface area contributed by atoms with Crippen LogP contribution >= 0.6 is 11.6 Å². The van der Waals surface area contributed by atoms with Crippen molar-refractivity contribution in [3.63, 3.8) is 0 Å². The van der Waals surface area contributed by atoms with Gasteiger partial charge in [0.1, 0.15) is 5.82 Å². The van der Waals surface area contributed by atoms with Gasteiger partial charge >= 0.3 is 0 Å². The Morgan fingerprint density at radius 3 is 2.70 bits per heavy atom. The van der Waals surface area contributed by atoms with Gasteiger partial charge < -0.3 is 0 Å². The van der Waals surface area contributed by atoms with Gasteiger partial charge in [-0.25, -0.2) is 15.0 Å². The maximum Gasteiger partial charge on any atom is 0.159 e. The molecule has 1 atom stereocenters. The van der Waals surface area contributed by atoms with Crippen LogP contribution in [-0.2, 0) is 6.54 Å². The molecule has 140 valence electrons. The van der Waals surface area contributed by atoms with Crippen molar-refractivity contribution in [2.45, 2.75) is 39.2 Å². The first-order valence-electron chi connectivity index (χ1n) is 9.28. The SMILES string of the molecule is Cc1cc(CN2CCCC(c3n[nH]c(C)n3)C2)nc(-c2ccc(Cl)cc2)n1. The van der Waals surface area contributed by atoms with Crippen molar-refractivity contribution in [2.75, 3.05) is 13.1 Å². The second kappa shape index (κ2) is 7.74. The van der Waals surface area contributed by atoms with Crippen LogP contribution in [0.4, 0.5) is 0 Å². The lowest BCUT2D eigenvalue weighted by atomic mass is 9.97. The zero-order valence-corrected chi connectivity index (χ0v) is 16.4. The zero-order chi connectivity index (χ0) is 18.8. The predicted molar refractivity (Wildman–Crippen MR) is 106 cm³/mol. The Kier molecular flexibility index (Phi) is 5.18. The molecular weight excluding hydrogens is 360 g/mol. The molecule has 0 radical (unpaired) electrons. The summed E-state index contributed by atoms with van der Waals surface area (Å²) < 4.78 is 0. The van der Waals surface area contributed by atoms with Crippen molar-refractivity contribution in [3.05, 3.63) is 58.4 Å². The van der Waals surface area contributed by atoms with Crippen LogP contribution in [0.15, 0.2) is 30.3 Å². The van der Waals surface area contributed by atoms with E-state index < -0.39 is 0 Å². The zero-order valence-electron chi connectivity index (χ0n) is 15.6. The Morgan fingerprint density at radius 1 is 1.15 bits per heavy atom. The number of hydrogen-bond donors (Lipinski definition) is 1. The molecule has 1 aromatic carbocycles. The van der Waals surface area contributed by atoms with Crippen LogP contribution in [0.3, 0.4) is 0 Å². The van der Waals surface area contributed by atoms with Crippen LogP contribution in [0.2, 0.25) is 5.02 Å². The number of nitrogens with one attached hydrogen (secondary N) is 1. The Morgan fingerprint density at radius 2 is 1.96 bits per heavy atom. The van der Waals surface area contributed by atoms with Gasteiger partial charge in [-0.05, 0) is 63.6 Å². The lowest BCUT2D eigenvalue weighted by Gasteiger charge is -2.31. The molecule has 1 aliphatic heterocycles. The van der Waals surface area contributed by atoms with E-state index in [0.717, 1.165) is 66.9 Å². The molecule has 0 amide bonds. The van der Waals surface area contributed by atoms with E-state index in [1.807, 2.05) is 38.1 Å². The largest absolute Gasteiger partial charge is 0.297 e. The monoisotopic (exact) mass is 382 g/mol. The van der Waals surface area contributed by atoms with Gasteiger partial charge in [-0.2, -0.15) is 5.10 Å². The second-order valence-electron chi connectivity index (χ2n) is 7.18. The molecular formula is C20H23ClN6. The summed E-state index contributed by atoms with van der Waals surface area (Å²) in [5.41, 5.74) is 3.00. The molecule has 0 spiro atoms. The summed E-state index contributed by atoms with van der Waals surface area (Å²) in [6.07, 6.45) is 2.28. The highest BCUT2D eigenvalue weighted by atomic mass is 35.5. The number of rotatable bonds is 4. The van der Waals surface area contributed by atoms with Crippen LogP contribution in [0.1, 0.15) is 41.8 Å². The van der Waals surface area contributed by atoms with Gasteiger partial charge in [0.2, 0.25) is 0 Å². The minimum Gasteiger partial charge on any atom is -0.297 e. The van der Waals surface area contributed by atoms with Crippen molar-refractivity contribution in [2.24, 2.45) is 0 Å². The molecule has 7 heteroatoms. The van der Waals surface area contributed by atoms with E-state index in [2.05, 4.69) is 31.1 Å². The molecule has 2 aromatic heterocycles. The molecule has 1 fully saturated rings. The van der Waals surface area contributed by atoms with E-state index >= 15 is 0 Å². The van der Waals surface area contributed by atoms with E-state index in [1.54, 1.807) is 0 Å². The van der Waals surface area contributed by atoms with Crippen LogP contribution in [0.5, 0.6) is 0 Å². The van der Waals surface area contributed by atoms with Gasteiger partial charge in [0.25, 0.3) is 0 Å². The van der Waals surface area contributed by atoms with E-state index in [9.17, 15) is 0 Å². The molecule has 1 aliphatic rings. The summed E-state index contributed by atoms with van der Waals surface area (Å²) in [5, 5.41) is 8.03. The predicted octanol–water partition coefficient (Wildman–Crippen LogP) is 3.91. The average molecular weight is 383 g/mol. The first kappa shape index (κ1) is 18.1. The highest BCUT2D eigenvalue weighted by Crippen LogP contribution is 2.26. The summed E-state index contributed by atoms with van der Waals surface area (Å²) >= 11 is 6.00. The first-order chi connectivity index (χ1) is 13.1. The third-order valence-corrected chi connectivity index (χ3v) is 5.13. The quantitative estimate of drug-likeness (QED) is 0.740. The summed E-state index contributed by atoms with van der Waals surface area (Å²) in [7, 11) is 0. The maximum atomic E-state index is 6.00. The number of aryl methyl sites for hydroxylation is 2. The molecule has 1 saturated heterocycles. The van der Waals surface area contributed by atoms with Crippen molar-refractivity contribution >= 4 is 11.6 Å². The number of piperidine rings is 1. The van der Waals surface area contributed by atoms with Crippen LogP contribution in [-0.4, -0.2) is 43.1 Å². The van der Waals surface area contributed by atoms with Gasteiger partial charge in [-0.15, -0.1) is 0 Å². The maximum absolute atomic E-state index is 6.00. The van der Waals surface area contributed by atoms with Gasteiger partial charge in [-0.1, -0.05) is 11.6 Å². The third kappa shape index (κ3) is 4.34. The summed E-state index contributed by atoms with van der Waals surface area (Å²) in [6.45, 7) is 6.79. The lowest BCUT2D eigenvalue weighted by Crippen LogP contribution is -2.34. The number of aromatic nitrogens is 5. The molecule has 0 bridgehead atoms. The van der Waals surface area contributed by atoms with Crippen molar-refractivity contribution in [3.8, 4) is 11.4 Å². The Labute approximate surface area is 164 Å². The molecule has 1 N–H and O–H groups in total. The third-order valence-electron chi connectivity index (χ3n) is 4.88. The molecule has 1 unspecified atom stereocenters. The molecule has 4 rings (SSSR count). The molecule has 0 aliphatic carbocycles. The molecule has 3 heterocycles. The van der Waals surface area contributed by atoms with Crippen LogP contribution < -0.4 is 0 Å². The van der Waals surface area contributed by atoms with Crippen LogP contribution in [0, 0.1) is 13.8 Å². The number of halogens is 1. The van der Waals surface area contributed by atoms with Crippen LogP contribution in [0.25, 0.3) is 11.4 Å². The molecule has 0 saturated carbocycles. The van der Waals surface area contributed by atoms with Gasteiger partial charge in [0.15, 0.2) is 11.6 Å². The van der Waals surface area contributed by atoms with Gasteiger partial charge in [0, 0.05) is 35.3 Å². The lowest BCUT2D eigenvalue weighted by molar-refractivity contribution is 0.194. The topological polar surface area (TPSA) is 70.6 Å². The normalized spacial score (nSPS) is 18.0. The van der Waals surface area contributed by atoms with Gasteiger partial charge in [0.05, 0.1) is 5.69 Å². The summed E-state index contributed by atoms with van der Waals surface area (Å²) in [6, 6.07) is 9.74. The smallest absolute Gasteiger partial charge is 0.159 e. The number of likely N-dealkylation sites (tertiary alicyclic amines) is 1. The molecule has 3 aromatic rings. The number of benzene rings is 1. The van der Waals surface area contributed by atoms with Crippen molar-refractivity contribution < 1.29 is 0 Å². The summed E-state index contributed by atoms with van der Waals surface area (Å²) in [5.74, 6) is 2.93.